The van der Waals surface area contributed by atoms with Crippen LogP contribution in [-0.2, 0) is 5.54 Å². The van der Waals surface area contributed by atoms with Crippen LogP contribution < -0.4 is 11.2 Å². The molecule has 3 N–H and O–H groups in total. The van der Waals surface area contributed by atoms with Crippen molar-refractivity contribution in [3.05, 3.63) is 150 Å². The molecule has 1 atom stereocenters. The standard InChI is InChI=1S/C32H28N4/c1-23-29(24-17-18-31-28(21-24)30(33)19-20-34-31)22-36(35-23)32(25-11-5-2-6-12-25,26-13-7-3-8-14-26)27-15-9-4-10-16-27/h2-23,35H,1H3,(H2,33,34). The number of hydrogen-bond acceptors (Lipinski definition) is 4. The molecule has 0 radical (unpaired) electrons. The number of aromatic nitrogens is 1. The van der Waals surface area contributed by atoms with Gasteiger partial charge in [-0.1, -0.05) is 97.1 Å². The van der Waals surface area contributed by atoms with E-state index in [1.807, 2.05) is 6.07 Å². The Balaban J connectivity index is 1.58. The van der Waals surface area contributed by atoms with Crippen LogP contribution in [0.1, 0.15) is 29.2 Å². The Labute approximate surface area is 211 Å². The molecule has 0 amide bonds. The van der Waals surface area contributed by atoms with Gasteiger partial charge in [0.25, 0.3) is 0 Å². The first kappa shape index (κ1) is 22.1. The van der Waals surface area contributed by atoms with Gasteiger partial charge in [0.15, 0.2) is 0 Å². The van der Waals surface area contributed by atoms with Crippen molar-refractivity contribution in [3.63, 3.8) is 0 Å². The Morgan fingerprint density at radius 3 is 1.86 bits per heavy atom. The summed E-state index contributed by atoms with van der Waals surface area (Å²) in [5, 5.41) is 3.26. The van der Waals surface area contributed by atoms with Gasteiger partial charge in [0, 0.05) is 23.5 Å². The predicted octanol–water partition coefficient (Wildman–Crippen LogP) is 6.36. The molecule has 176 valence electrons. The zero-order chi connectivity index (χ0) is 24.5. The van der Waals surface area contributed by atoms with E-state index in [-0.39, 0.29) is 6.04 Å². The molecule has 0 saturated carbocycles. The number of benzene rings is 4. The van der Waals surface area contributed by atoms with E-state index in [0.29, 0.717) is 0 Å². The van der Waals surface area contributed by atoms with E-state index in [1.54, 1.807) is 6.20 Å². The van der Waals surface area contributed by atoms with Gasteiger partial charge in [0.05, 0.1) is 11.6 Å². The molecule has 5 aromatic rings. The monoisotopic (exact) mass is 468 g/mol. The van der Waals surface area contributed by atoms with Crippen molar-refractivity contribution in [2.75, 3.05) is 5.73 Å². The lowest BCUT2D eigenvalue weighted by Gasteiger charge is -2.44. The summed E-state index contributed by atoms with van der Waals surface area (Å²) >= 11 is 0. The normalized spacial score (nSPS) is 15.8. The Hall–Kier alpha value is -4.41. The maximum Gasteiger partial charge on any atom is 0.130 e. The minimum absolute atomic E-state index is 0.0934. The maximum absolute atomic E-state index is 6.30. The fraction of sp³-hybridized carbons (Fsp3) is 0.0938. The predicted molar refractivity (Wildman–Crippen MR) is 148 cm³/mol. The molecule has 4 nitrogen and oxygen atoms in total. The number of nitrogens with zero attached hydrogens (tertiary/aromatic N) is 2. The van der Waals surface area contributed by atoms with Gasteiger partial charge in [-0.05, 0) is 52.9 Å². The first-order chi connectivity index (χ1) is 17.7. The second-order valence-corrected chi connectivity index (χ2v) is 9.25. The number of rotatable bonds is 5. The molecule has 4 heteroatoms. The average molecular weight is 469 g/mol. The number of pyridine rings is 1. The van der Waals surface area contributed by atoms with Gasteiger partial charge in [0.1, 0.15) is 5.54 Å². The summed E-state index contributed by atoms with van der Waals surface area (Å²) in [5.74, 6) is 0. The third-order valence-electron chi connectivity index (χ3n) is 7.11. The van der Waals surface area contributed by atoms with Crippen LogP contribution in [0, 0.1) is 0 Å². The van der Waals surface area contributed by atoms with Crippen LogP contribution in [0.3, 0.4) is 0 Å². The number of hydrazine groups is 1. The van der Waals surface area contributed by atoms with Crippen LogP contribution in [0.5, 0.6) is 0 Å². The number of anilines is 1. The van der Waals surface area contributed by atoms with Crippen molar-refractivity contribution in [2.24, 2.45) is 0 Å². The lowest BCUT2D eigenvalue weighted by atomic mass is 9.76. The molecule has 6 rings (SSSR count). The molecule has 1 aromatic heterocycles. The van der Waals surface area contributed by atoms with Gasteiger partial charge in [-0.25, -0.2) is 5.43 Å². The van der Waals surface area contributed by atoms with Crippen molar-refractivity contribution in [1.82, 2.24) is 15.4 Å². The lowest BCUT2D eigenvalue weighted by Crippen LogP contribution is -2.51. The SMILES string of the molecule is CC1NN(C(c2ccccc2)(c2ccccc2)c2ccccc2)C=C1c1ccc2nccc(N)c2c1. The van der Waals surface area contributed by atoms with Crippen LogP contribution in [0.25, 0.3) is 16.5 Å². The lowest BCUT2D eigenvalue weighted by molar-refractivity contribution is 0.164. The summed E-state index contributed by atoms with van der Waals surface area (Å²) < 4.78 is 0. The van der Waals surface area contributed by atoms with E-state index in [1.165, 1.54) is 22.3 Å². The first-order valence-corrected chi connectivity index (χ1v) is 12.3. The summed E-state index contributed by atoms with van der Waals surface area (Å²) in [6.07, 6.45) is 4.01. The van der Waals surface area contributed by atoms with Gasteiger partial charge in [-0.2, -0.15) is 0 Å². The van der Waals surface area contributed by atoms with Gasteiger partial charge in [0.2, 0.25) is 0 Å². The molecule has 1 aliphatic rings. The van der Waals surface area contributed by atoms with Gasteiger partial charge in [-0.3, -0.25) is 9.99 Å². The molecule has 1 aliphatic heterocycles. The Kier molecular flexibility index (Phi) is 5.51. The van der Waals surface area contributed by atoms with Gasteiger partial charge >= 0.3 is 0 Å². The summed E-state index contributed by atoms with van der Waals surface area (Å²) in [6, 6.07) is 40.4. The van der Waals surface area contributed by atoms with E-state index >= 15 is 0 Å². The van der Waals surface area contributed by atoms with Gasteiger partial charge < -0.3 is 5.73 Å². The summed E-state index contributed by atoms with van der Waals surface area (Å²) in [4.78, 5) is 4.48. The van der Waals surface area contributed by atoms with E-state index in [4.69, 9.17) is 5.73 Å². The molecule has 0 aliphatic carbocycles. The molecule has 0 fully saturated rings. The average Bonchev–Trinajstić information content (AvgIpc) is 3.32. The van der Waals surface area contributed by atoms with Crippen LogP contribution in [0.15, 0.2) is 128 Å². The Bertz CT molecular complexity index is 1430. The number of nitrogens with one attached hydrogen (secondary N) is 1. The molecular weight excluding hydrogens is 440 g/mol. The van der Waals surface area contributed by atoms with E-state index < -0.39 is 5.54 Å². The summed E-state index contributed by atoms with van der Waals surface area (Å²) in [5.41, 5.74) is 17.1. The first-order valence-electron chi connectivity index (χ1n) is 12.3. The van der Waals surface area contributed by atoms with Crippen molar-refractivity contribution in [3.8, 4) is 0 Å². The molecular formula is C32H28N4. The molecule has 1 unspecified atom stereocenters. The van der Waals surface area contributed by atoms with Crippen LogP contribution in [0.4, 0.5) is 5.69 Å². The second-order valence-electron chi connectivity index (χ2n) is 9.25. The molecule has 0 bridgehead atoms. The molecule has 2 heterocycles. The highest BCUT2D eigenvalue weighted by molar-refractivity contribution is 5.92. The minimum Gasteiger partial charge on any atom is -0.398 e. The van der Waals surface area contributed by atoms with Crippen molar-refractivity contribution in [2.45, 2.75) is 18.5 Å². The number of fused-ring (bicyclic) bond motifs is 1. The van der Waals surface area contributed by atoms with Crippen molar-refractivity contribution >= 4 is 22.2 Å². The molecule has 36 heavy (non-hydrogen) atoms. The molecule has 4 aromatic carbocycles. The highest BCUT2D eigenvalue weighted by atomic mass is 15.6. The maximum atomic E-state index is 6.30. The third-order valence-corrected chi connectivity index (χ3v) is 7.11. The van der Waals surface area contributed by atoms with Crippen molar-refractivity contribution in [1.29, 1.82) is 0 Å². The van der Waals surface area contributed by atoms with Crippen LogP contribution >= 0.6 is 0 Å². The largest absolute Gasteiger partial charge is 0.398 e. The van der Waals surface area contributed by atoms with Gasteiger partial charge in [-0.15, -0.1) is 0 Å². The number of nitrogens with two attached hydrogens (primary N) is 1. The molecule has 0 saturated heterocycles. The minimum atomic E-state index is -0.572. The van der Waals surface area contributed by atoms with E-state index in [9.17, 15) is 0 Å². The topological polar surface area (TPSA) is 54.2 Å². The highest BCUT2D eigenvalue weighted by Crippen LogP contribution is 2.44. The van der Waals surface area contributed by atoms with E-state index in [2.05, 4.69) is 138 Å². The summed E-state index contributed by atoms with van der Waals surface area (Å²) in [7, 11) is 0. The summed E-state index contributed by atoms with van der Waals surface area (Å²) in [6.45, 7) is 2.20. The number of nitrogen functional groups attached to an aromatic ring is 1. The Morgan fingerprint density at radius 1 is 0.750 bits per heavy atom. The fourth-order valence-electron chi connectivity index (χ4n) is 5.39. The smallest absolute Gasteiger partial charge is 0.130 e. The Morgan fingerprint density at radius 2 is 1.31 bits per heavy atom. The highest BCUT2D eigenvalue weighted by Gasteiger charge is 2.44. The van der Waals surface area contributed by atoms with Crippen LogP contribution in [-0.4, -0.2) is 16.0 Å². The third kappa shape index (κ3) is 3.55. The molecule has 0 spiro atoms. The fourth-order valence-corrected chi connectivity index (χ4v) is 5.39. The quantitative estimate of drug-likeness (QED) is 0.295. The van der Waals surface area contributed by atoms with Crippen LogP contribution in [0.2, 0.25) is 0 Å². The second kappa shape index (κ2) is 8.99. The number of hydrogen-bond donors (Lipinski definition) is 2. The van der Waals surface area contributed by atoms with E-state index in [0.717, 1.165) is 22.2 Å². The zero-order valence-electron chi connectivity index (χ0n) is 20.2. The zero-order valence-corrected chi connectivity index (χ0v) is 20.2. The van der Waals surface area contributed by atoms with Crippen molar-refractivity contribution < 1.29 is 0 Å².